The van der Waals surface area contributed by atoms with Gasteiger partial charge < -0.3 is 10.6 Å². The van der Waals surface area contributed by atoms with Crippen molar-refractivity contribution < 1.29 is 14.0 Å². The third kappa shape index (κ3) is 3.15. The number of aryl methyl sites for hydroxylation is 1. The van der Waals surface area contributed by atoms with Crippen LogP contribution in [0.1, 0.15) is 24.0 Å². The van der Waals surface area contributed by atoms with Gasteiger partial charge in [0.05, 0.1) is 5.69 Å². The summed E-state index contributed by atoms with van der Waals surface area (Å²) in [4.78, 5) is 24.9. The minimum Gasteiger partial charge on any atom is -0.351 e. The fourth-order valence-corrected chi connectivity index (χ4v) is 2.64. The Morgan fingerprint density at radius 3 is 2.38 bits per heavy atom. The highest BCUT2D eigenvalue weighted by Gasteiger charge is 2.56. The number of rotatable bonds is 5. The molecule has 2 aromatic rings. The number of benzene rings is 2. The summed E-state index contributed by atoms with van der Waals surface area (Å²) < 4.78 is 13.7. The Morgan fingerprint density at radius 1 is 1.04 bits per heavy atom. The molecule has 1 aliphatic rings. The van der Waals surface area contributed by atoms with Crippen molar-refractivity contribution in [2.24, 2.45) is 5.41 Å². The zero-order chi connectivity index (χ0) is 17.2. The molecule has 4 nitrogen and oxygen atoms in total. The van der Waals surface area contributed by atoms with E-state index < -0.39 is 17.1 Å². The molecule has 0 saturated heterocycles. The van der Waals surface area contributed by atoms with E-state index in [1.807, 2.05) is 31.2 Å². The first-order valence-electron chi connectivity index (χ1n) is 7.92. The SMILES string of the molecule is Cc1ccccc1CNC(=O)C1(C(=O)Nc2ccccc2F)CC1. The molecule has 124 valence electrons. The van der Waals surface area contributed by atoms with Crippen molar-refractivity contribution in [3.05, 3.63) is 65.5 Å². The van der Waals surface area contributed by atoms with Gasteiger partial charge in [0.25, 0.3) is 0 Å². The largest absolute Gasteiger partial charge is 0.351 e. The highest BCUT2D eigenvalue weighted by Crippen LogP contribution is 2.47. The molecule has 1 aliphatic carbocycles. The number of anilines is 1. The van der Waals surface area contributed by atoms with Gasteiger partial charge in [0.15, 0.2) is 0 Å². The quantitative estimate of drug-likeness (QED) is 0.829. The molecule has 0 unspecified atom stereocenters. The molecule has 0 atom stereocenters. The number of hydrogen-bond acceptors (Lipinski definition) is 2. The molecule has 0 aliphatic heterocycles. The molecule has 1 saturated carbocycles. The second-order valence-corrected chi connectivity index (χ2v) is 6.13. The lowest BCUT2D eigenvalue weighted by atomic mass is 10.0. The molecule has 0 spiro atoms. The molecule has 24 heavy (non-hydrogen) atoms. The molecular weight excluding hydrogens is 307 g/mol. The van der Waals surface area contributed by atoms with Gasteiger partial charge in [-0.2, -0.15) is 0 Å². The van der Waals surface area contributed by atoms with E-state index in [0.717, 1.165) is 11.1 Å². The van der Waals surface area contributed by atoms with Crippen LogP contribution < -0.4 is 10.6 Å². The van der Waals surface area contributed by atoms with Gasteiger partial charge in [0, 0.05) is 6.54 Å². The number of nitrogens with one attached hydrogen (secondary N) is 2. The topological polar surface area (TPSA) is 58.2 Å². The van der Waals surface area contributed by atoms with Gasteiger partial charge >= 0.3 is 0 Å². The van der Waals surface area contributed by atoms with Crippen LogP contribution in [-0.4, -0.2) is 11.8 Å². The van der Waals surface area contributed by atoms with Crippen LogP contribution in [0.4, 0.5) is 10.1 Å². The molecule has 0 radical (unpaired) electrons. The van der Waals surface area contributed by atoms with Crippen LogP contribution in [0.2, 0.25) is 0 Å². The Morgan fingerprint density at radius 2 is 1.71 bits per heavy atom. The molecule has 2 aromatic carbocycles. The van der Waals surface area contributed by atoms with Crippen LogP contribution in [0.25, 0.3) is 0 Å². The van der Waals surface area contributed by atoms with Gasteiger partial charge in [-0.05, 0) is 43.0 Å². The third-order valence-electron chi connectivity index (χ3n) is 4.44. The summed E-state index contributed by atoms with van der Waals surface area (Å²) in [6.45, 7) is 2.35. The molecule has 0 aromatic heterocycles. The van der Waals surface area contributed by atoms with Gasteiger partial charge in [-0.15, -0.1) is 0 Å². The smallest absolute Gasteiger partial charge is 0.240 e. The normalized spacial score (nSPS) is 14.8. The molecule has 3 rings (SSSR count). The number of carbonyl (C=O) groups is 2. The Balaban J connectivity index is 1.65. The van der Waals surface area contributed by atoms with Crippen LogP contribution in [0.3, 0.4) is 0 Å². The zero-order valence-corrected chi connectivity index (χ0v) is 13.4. The summed E-state index contributed by atoms with van der Waals surface area (Å²) in [5.74, 6) is -1.27. The van der Waals surface area contributed by atoms with Gasteiger partial charge in [0.1, 0.15) is 11.2 Å². The Labute approximate surface area is 140 Å². The third-order valence-corrected chi connectivity index (χ3v) is 4.44. The lowest BCUT2D eigenvalue weighted by Gasteiger charge is -2.16. The lowest BCUT2D eigenvalue weighted by molar-refractivity contribution is -0.134. The van der Waals surface area contributed by atoms with E-state index in [1.54, 1.807) is 12.1 Å². The molecule has 1 fully saturated rings. The van der Waals surface area contributed by atoms with E-state index >= 15 is 0 Å². The van der Waals surface area contributed by atoms with E-state index in [2.05, 4.69) is 10.6 Å². The van der Waals surface area contributed by atoms with E-state index in [9.17, 15) is 14.0 Å². The molecule has 0 heterocycles. The summed E-state index contributed by atoms with van der Waals surface area (Å²) in [7, 11) is 0. The van der Waals surface area contributed by atoms with Crippen LogP contribution in [0.5, 0.6) is 0 Å². The van der Waals surface area contributed by atoms with Crippen molar-refractivity contribution in [2.75, 3.05) is 5.32 Å². The van der Waals surface area contributed by atoms with Crippen LogP contribution in [0, 0.1) is 18.2 Å². The molecule has 0 bridgehead atoms. The van der Waals surface area contributed by atoms with Crippen molar-refractivity contribution in [1.82, 2.24) is 5.32 Å². The highest BCUT2D eigenvalue weighted by atomic mass is 19.1. The summed E-state index contributed by atoms with van der Waals surface area (Å²) >= 11 is 0. The molecular formula is C19H19FN2O2. The van der Waals surface area contributed by atoms with Gasteiger partial charge in [-0.25, -0.2) is 4.39 Å². The molecule has 2 amide bonds. The number of halogens is 1. The van der Waals surface area contributed by atoms with Crippen molar-refractivity contribution in [3.8, 4) is 0 Å². The zero-order valence-electron chi connectivity index (χ0n) is 13.4. The minimum atomic E-state index is -1.08. The monoisotopic (exact) mass is 326 g/mol. The average molecular weight is 326 g/mol. The summed E-state index contributed by atoms with van der Waals surface area (Å²) in [6, 6.07) is 13.7. The van der Waals surface area contributed by atoms with E-state index in [1.165, 1.54) is 12.1 Å². The number of hydrogen-bond donors (Lipinski definition) is 2. The minimum absolute atomic E-state index is 0.0977. The van der Waals surface area contributed by atoms with Gasteiger partial charge in [-0.1, -0.05) is 36.4 Å². The van der Waals surface area contributed by atoms with Crippen molar-refractivity contribution in [2.45, 2.75) is 26.3 Å². The number of carbonyl (C=O) groups excluding carboxylic acids is 2. The van der Waals surface area contributed by atoms with Crippen LogP contribution in [-0.2, 0) is 16.1 Å². The predicted molar refractivity (Wildman–Crippen MR) is 89.7 cm³/mol. The highest BCUT2D eigenvalue weighted by molar-refractivity contribution is 6.13. The van der Waals surface area contributed by atoms with E-state index in [0.29, 0.717) is 19.4 Å². The van der Waals surface area contributed by atoms with Crippen molar-refractivity contribution in [3.63, 3.8) is 0 Å². The average Bonchev–Trinajstić information content (AvgIpc) is 3.38. The summed E-state index contributed by atoms with van der Waals surface area (Å²) in [6.07, 6.45) is 0.958. The lowest BCUT2D eigenvalue weighted by Crippen LogP contribution is -2.39. The second-order valence-electron chi connectivity index (χ2n) is 6.13. The first-order valence-corrected chi connectivity index (χ1v) is 7.92. The van der Waals surface area contributed by atoms with Gasteiger partial charge in [0.2, 0.25) is 11.8 Å². The Bertz CT molecular complexity index is 784. The maximum atomic E-state index is 13.7. The van der Waals surface area contributed by atoms with Gasteiger partial charge in [-0.3, -0.25) is 9.59 Å². The van der Waals surface area contributed by atoms with Crippen LogP contribution >= 0.6 is 0 Å². The number of para-hydroxylation sites is 1. The maximum Gasteiger partial charge on any atom is 0.240 e. The van der Waals surface area contributed by atoms with Crippen LogP contribution in [0.15, 0.2) is 48.5 Å². The predicted octanol–water partition coefficient (Wildman–Crippen LogP) is 3.17. The summed E-state index contributed by atoms with van der Waals surface area (Å²) in [5, 5.41) is 5.36. The first-order chi connectivity index (χ1) is 11.5. The van der Waals surface area contributed by atoms with E-state index in [-0.39, 0.29) is 11.6 Å². The van der Waals surface area contributed by atoms with Crippen molar-refractivity contribution in [1.29, 1.82) is 0 Å². The maximum absolute atomic E-state index is 13.7. The first kappa shape index (κ1) is 16.2. The van der Waals surface area contributed by atoms with Crippen molar-refractivity contribution >= 4 is 17.5 Å². The Hall–Kier alpha value is -2.69. The summed E-state index contributed by atoms with van der Waals surface area (Å²) in [5.41, 5.74) is 1.11. The number of amides is 2. The second kappa shape index (κ2) is 6.43. The van der Waals surface area contributed by atoms with E-state index in [4.69, 9.17) is 0 Å². The Kier molecular flexibility index (Phi) is 4.34. The standard InChI is InChI=1S/C19H19FN2O2/c1-13-6-2-3-7-14(13)12-21-17(23)19(10-11-19)18(24)22-16-9-5-4-8-15(16)20/h2-9H,10-12H2,1H3,(H,21,23)(H,22,24). The molecule has 5 heteroatoms. The fraction of sp³-hybridized carbons (Fsp3) is 0.263. The molecule has 2 N–H and O–H groups in total. The fourth-order valence-electron chi connectivity index (χ4n) is 2.64.